The van der Waals surface area contributed by atoms with Crippen molar-refractivity contribution in [1.29, 1.82) is 0 Å². The third kappa shape index (κ3) is 7.93. The predicted octanol–water partition coefficient (Wildman–Crippen LogP) is 5.13. The van der Waals surface area contributed by atoms with E-state index in [2.05, 4.69) is 5.32 Å². The van der Waals surface area contributed by atoms with Gasteiger partial charge >= 0.3 is 6.03 Å². The number of thiophene rings is 1. The van der Waals surface area contributed by atoms with Crippen LogP contribution in [0.2, 0.25) is 0 Å². The number of rotatable bonds is 11. The Morgan fingerprint density at radius 3 is 2.44 bits per heavy atom. The zero-order chi connectivity index (χ0) is 24.3. The standard InChI is InChI=1S/C25H27F2N3O3S/c1-33-13-4-12-29(25(32)28-22-6-2-5-21(27)15-22)18-24(31)30(17-23-7-3-14-34-23)16-19-8-10-20(26)11-9-19/h2-3,5-11,14-15H,4,12-13,16-18H2,1H3,(H,28,32). The number of amides is 3. The van der Waals surface area contributed by atoms with E-state index < -0.39 is 11.8 Å². The van der Waals surface area contributed by atoms with Crippen LogP contribution < -0.4 is 5.32 Å². The van der Waals surface area contributed by atoms with Gasteiger partial charge in [0, 0.05) is 37.4 Å². The molecule has 0 spiro atoms. The SMILES string of the molecule is COCCCN(CC(=O)N(Cc1ccc(F)cc1)Cc1cccs1)C(=O)Nc1cccc(F)c1. The summed E-state index contributed by atoms with van der Waals surface area (Å²) >= 11 is 1.53. The summed E-state index contributed by atoms with van der Waals surface area (Å²) in [6.45, 7) is 1.17. The molecule has 0 aliphatic heterocycles. The third-order valence-corrected chi connectivity index (χ3v) is 5.89. The lowest BCUT2D eigenvalue weighted by Gasteiger charge is -2.28. The molecule has 9 heteroatoms. The van der Waals surface area contributed by atoms with E-state index in [9.17, 15) is 18.4 Å². The first-order chi connectivity index (χ1) is 16.4. The van der Waals surface area contributed by atoms with Gasteiger partial charge in [0.05, 0.1) is 6.54 Å². The molecule has 0 radical (unpaired) electrons. The Labute approximate surface area is 201 Å². The van der Waals surface area contributed by atoms with Gasteiger partial charge in [0.25, 0.3) is 0 Å². The topological polar surface area (TPSA) is 61.9 Å². The first-order valence-corrected chi connectivity index (χ1v) is 11.7. The quantitative estimate of drug-likeness (QED) is 0.382. The fraction of sp³-hybridized carbons (Fsp3) is 0.280. The lowest BCUT2D eigenvalue weighted by Crippen LogP contribution is -2.44. The number of hydrogen-bond acceptors (Lipinski definition) is 4. The Balaban J connectivity index is 1.74. The molecular formula is C25H27F2N3O3S. The minimum atomic E-state index is -0.507. The second-order valence-corrected chi connectivity index (χ2v) is 8.70. The first kappa shape index (κ1) is 25.3. The van der Waals surface area contributed by atoms with Crippen LogP contribution in [0.3, 0.4) is 0 Å². The summed E-state index contributed by atoms with van der Waals surface area (Å²) in [5.41, 5.74) is 1.08. The number of carbonyl (C=O) groups is 2. The Morgan fingerprint density at radius 1 is 0.971 bits per heavy atom. The second kappa shape index (κ2) is 12.8. The van der Waals surface area contributed by atoms with Gasteiger partial charge in [0.2, 0.25) is 5.91 Å². The zero-order valence-electron chi connectivity index (χ0n) is 18.9. The number of hydrogen-bond donors (Lipinski definition) is 1. The Bertz CT molecular complexity index is 1060. The molecule has 3 amide bonds. The van der Waals surface area contributed by atoms with Gasteiger partial charge in [-0.25, -0.2) is 13.6 Å². The van der Waals surface area contributed by atoms with Crippen molar-refractivity contribution in [3.63, 3.8) is 0 Å². The second-order valence-electron chi connectivity index (χ2n) is 7.66. The summed E-state index contributed by atoms with van der Waals surface area (Å²) in [5.74, 6) is -1.08. The summed E-state index contributed by atoms with van der Waals surface area (Å²) in [7, 11) is 1.56. The first-order valence-electron chi connectivity index (χ1n) is 10.8. The van der Waals surface area contributed by atoms with Crippen LogP contribution in [0.5, 0.6) is 0 Å². The van der Waals surface area contributed by atoms with Crippen LogP contribution in [-0.2, 0) is 22.6 Å². The molecule has 1 aromatic heterocycles. The normalized spacial score (nSPS) is 10.7. The van der Waals surface area contributed by atoms with E-state index >= 15 is 0 Å². The van der Waals surface area contributed by atoms with Crippen LogP contribution in [0, 0.1) is 11.6 Å². The van der Waals surface area contributed by atoms with Crippen LogP contribution in [0.15, 0.2) is 66.0 Å². The average Bonchev–Trinajstić information content (AvgIpc) is 3.32. The van der Waals surface area contributed by atoms with Gasteiger partial charge in [0.1, 0.15) is 18.2 Å². The molecule has 0 saturated heterocycles. The van der Waals surface area contributed by atoms with E-state index in [0.717, 1.165) is 10.4 Å². The van der Waals surface area contributed by atoms with E-state index in [0.29, 0.717) is 25.3 Å². The molecule has 1 N–H and O–H groups in total. The summed E-state index contributed by atoms with van der Waals surface area (Å²) in [4.78, 5) is 30.3. The average molecular weight is 488 g/mol. The molecule has 2 aromatic carbocycles. The summed E-state index contributed by atoms with van der Waals surface area (Å²) < 4.78 is 32.0. The number of anilines is 1. The molecular weight excluding hydrogens is 460 g/mol. The van der Waals surface area contributed by atoms with Gasteiger partial charge in [-0.05, 0) is 53.8 Å². The Kier molecular flexibility index (Phi) is 9.54. The number of nitrogens with one attached hydrogen (secondary N) is 1. The number of methoxy groups -OCH3 is 1. The minimum Gasteiger partial charge on any atom is -0.385 e. The molecule has 0 bridgehead atoms. The number of ether oxygens (including phenoxy) is 1. The smallest absolute Gasteiger partial charge is 0.322 e. The maximum absolute atomic E-state index is 13.5. The van der Waals surface area contributed by atoms with Gasteiger partial charge in [-0.2, -0.15) is 0 Å². The number of nitrogens with zero attached hydrogens (tertiary/aromatic N) is 2. The van der Waals surface area contributed by atoms with Gasteiger partial charge in [-0.1, -0.05) is 24.3 Å². The van der Waals surface area contributed by atoms with Crippen molar-refractivity contribution in [2.45, 2.75) is 19.5 Å². The van der Waals surface area contributed by atoms with E-state index in [-0.39, 0.29) is 31.4 Å². The van der Waals surface area contributed by atoms with Crippen LogP contribution >= 0.6 is 11.3 Å². The molecule has 3 aromatic rings. The van der Waals surface area contributed by atoms with Crippen LogP contribution in [0.25, 0.3) is 0 Å². The third-order valence-electron chi connectivity index (χ3n) is 5.03. The molecule has 0 aliphatic carbocycles. The Morgan fingerprint density at radius 2 is 1.76 bits per heavy atom. The van der Waals surface area contributed by atoms with Crippen molar-refractivity contribution in [2.24, 2.45) is 0 Å². The lowest BCUT2D eigenvalue weighted by molar-refractivity contribution is -0.133. The van der Waals surface area contributed by atoms with Crippen LogP contribution in [0.1, 0.15) is 16.9 Å². The molecule has 0 fully saturated rings. The maximum atomic E-state index is 13.5. The molecule has 6 nitrogen and oxygen atoms in total. The highest BCUT2D eigenvalue weighted by Gasteiger charge is 2.22. The van der Waals surface area contributed by atoms with Gasteiger partial charge in [0.15, 0.2) is 0 Å². The molecule has 0 aliphatic rings. The van der Waals surface area contributed by atoms with Gasteiger partial charge < -0.3 is 19.9 Å². The summed E-state index contributed by atoms with van der Waals surface area (Å²) in [6, 6.07) is 14.9. The Hall–Kier alpha value is -3.30. The molecule has 34 heavy (non-hydrogen) atoms. The van der Waals surface area contributed by atoms with E-state index in [1.165, 1.54) is 46.6 Å². The summed E-state index contributed by atoms with van der Waals surface area (Å²) in [6.07, 6.45) is 0.531. The summed E-state index contributed by atoms with van der Waals surface area (Å²) in [5, 5.41) is 4.58. The van der Waals surface area contributed by atoms with Crippen LogP contribution in [0.4, 0.5) is 19.3 Å². The largest absolute Gasteiger partial charge is 0.385 e. The van der Waals surface area contributed by atoms with Crippen molar-refractivity contribution < 1.29 is 23.1 Å². The lowest BCUT2D eigenvalue weighted by atomic mass is 10.2. The number of benzene rings is 2. The fourth-order valence-electron chi connectivity index (χ4n) is 3.32. The van der Waals surface area contributed by atoms with Crippen molar-refractivity contribution >= 4 is 29.0 Å². The van der Waals surface area contributed by atoms with E-state index in [1.54, 1.807) is 30.2 Å². The fourth-order valence-corrected chi connectivity index (χ4v) is 4.04. The molecule has 0 saturated carbocycles. The van der Waals surface area contributed by atoms with Crippen LogP contribution in [-0.4, -0.2) is 48.5 Å². The van der Waals surface area contributed by atoms with E-state index in [1.807, 2.05) is 17.5 Å². The van der Waals surface area contributed by atoms with Crippen molar-refractivity contribution in [3.05, 3.63) is 88.1 Å². The molecule has 0 unspecified atom stereocenters. The highest BCUT2D eigenvalue weighted by atomic mass is 32.1. The molecule has 3 rings (SSSR count). The van der Waals surface area contributed by atoms with Crippen molar-refractivity contribution in [3.8, 4) is 0 Å². The number of halogens is 2. The van der Waals surface area contributed by atoms with Crippen molar-refractivity contribution in [2.75, 3.05) is 32.1 Å². The van der Waals surface area contributed by atoms with E-state index in [4.69, 9.17) is 4.74 Å². The minimum absolute atomic E-state index is 0.169. The highest BCUT2D eigenvalue weighted by molar-refractivity contribution is 7.09. The monoisotopic (exact) mass is 487 g/mol. The van der Waals surface area contributed by atoms with Gasteiger partial charge in [-0.15, -0.1) is 11.3 Å². The molecule has 1 heterocycles. The number of carbonyl (C=O) groups excluding carboxylic acids is 2. The highest BCUT2D eigenvalue weighted by Crippen LogP contribution is 2.16. The zero-order valence-corrected chi connectivity index (χ0v) is 19.7. The molecule has 0 atom stereocenters. The molecule has 180 valence electrons. The van der Waals surface area contributed by atoms with Gasteiger partial charge in [-0.3, -0.25) is 4.79 Å². The number of urea groups is 1. The predicted molar refractivity (Wildman–Crippen MR) is 128 cm³/mol. The maximum Gasteiger partial charge on any atom is 0.322 e. The van der Waals surface area contributed by atoms with Crippen molar-refractivity contribution in [1.82, 2.24) is 9.80 Å².